The molecule has 0 radical (unpaired) electrons. The SMILES string of the molecule is Cc1cc(C)c(B(C2=C(B(O)O)CC=C2)c2c(C)cc(C)cc2C)c(C)c1. The normalized spacial score (nSPS) is 13.5. The van der Waals surface area contributed by atoms with Gasteiger partial charge in [-0.1, -0.05) is 86.2 Å². The van der Waals surface area contributed by atoms with Crippen LogP contribution in [0.5, 0.6) is 0 Å². The highest BCUT2D eigenvalue weighted by Gasteiger charge is 2.34. The maximum absolute atomic E-state index is 9.99. The lowest BCUT2D eigenvalue weighted by atomic mass is 9.32. The number of allylic oxidation sites excluding steroid dienone is 4. The zero-order chi connectivity index (χ0) is 19.9. The van der Waals surface area contributed by atoms with Crippen LogP contribution >= 0.6 is 0 Å². The van der Waals surface area contributed by atoms with Gasteiger partial charge in [-0.05, 0) is 53.4 Å². The molecule has 0 bridgehead atoms. The van der Waals surface area contributed by atoms with Gasteiger partial charge in [0.15, 0.2) is 0 Å². The fraction of sp³-hybridized carbons (Fsp3) is 0.304. The molecule has 3 rings (SSSR count). The maximum atomic E-state index is 9.99. The van der Waals surface area contributed by atoms with Crippen molar-refractivity contribution in [2.24, 2.45) is 0 Å². The lowest BCUT2D eigenvalue weighted by molar-refractivity contribution is 0.418. The molecular formula is C23H28B2O2. The van der Waals surface area contributed by atoms with E-state index in [-0.39, 0.29) is 6.71 Å². The van der Waals surface area contributed by atoms with E-state index in [0.29, 0.717) is 11.9 Å². The Bertz CT molecular complexity index is 851. The van der Waals surface area contributed by atoms with Crippen LogP contribution in [-0.4, -0.2) is 23.9 Å². The summed E-state index contributed by atoms with van der Waals surface area (Å²) in [7, 11) is -1.42. The molecule has 0 unspecified atom stereocenters. The first-order valence-electron chi connectivity index (χ1n) is 9.61. The van der Waals surface area contributed by atoms with Crippen LogP contribution < -0.4 is 10.9 Å². The standard InChI is InChI=1S/C23H28B2O2/c1-14-10-16(3)22(17(4)11-14)24(20-8-7-9-21(20)25(26)27)23-18(5)12-15(2)13-19(23)6/h7-8,10-13,26-27H,9H2,1-6H3. The van der Waals surface area contributed by atoms with Crippen molar-refractivity contribution in [1.82, 2.24) is 0 Å². The summed E-state index contributed by atoms with van der Waals surface area (Å²) in [5.74, 6) is 0. The lowest BCUT2D eigenvalue weighted by Gasteiger charge is -2.26. The van der Waals surface area contributed by atoms with Crippen molar-refractivity contribution in [2.75, 3.05) is 0 Å². The van der Waals surface area contributed by atoms with Crippen molar-refractivity contribution in [3.63, 3.8) is 0 Å². The summed E-state index contributed by atoms with van der Waals surface area (Å²) in [6.45, 7) is 12.9. The number of benzene rings is 2. The van der Waals surface area contributed by atoms with E-state index in [1.165, 1.54) is 44.3 Å². The molecule has 1 aliphatic rings. The van der Waals surface area contributed by atoms with Gasteiger partial charge in [-0.3, -0.25) is 0 Å². The third kappa shape index (κ3) is 3.69. The van der Waals surface area contributed by atoms with Crippen molar-refractivity contribution in [1.29, 1.82) is 0 Å². The second-order valence-electron chi connectivity index (χ2n) is 8.02. The Hall–Kier alpha value is -2.03. The number of rotatable bonds is 4. The molecule has 27 heavy (non-hydrogen) atoms. The number of hydrogen-bond donors (Lipinski definition) is 2. The molecular weight excluding hydrogens is 330 g/mol. The van der Waals surface area contributed by atoms with Gasteiger partial charge in [-0.25, -0.2) is 0 Å². The van der Waals surface area contributed by atoms with E-state index in [2.05, 4.69) is 71.9 Å². The van der Waals surface area contributed by atoms with E-state index in [0.717, 1.165) is 5.47 Å². The van der Waals surface area contributed by atoms with E-state index in [9.17, 15) is 10.0 Å². The third-order valence-corrected chi connectivity index (χ3v) is 5.68. The Morgan fingerprint density at radius 3 is 1.48 bits per heavy atom. The molecule has 4 heteroatoms. The van der Waals surface area contributed by atoms with Crippen LogP contribution in [0.15, 0.2) is 47.4 Å². The smallest absolute Gasteiger partial charge is 0.423 e. The minimum atomic E-state index is -1.42. The molecule has 0 heterocycles. The van der Waals surface area contributed by atoms with Gasteiger partial charge in [0.25, 0.3) is 0 Å². The van der Waals surface area contributed by atoms with Crippen LogP contribution in [0.1, 0.15) is 39.8 Å². The van der Waals surface area contributed by atoms with E-state index in [1.54, 1.807) is 0 Å². The van der Waals surface area contributed by atoms with Crippen LogP contribution in [0.2, 0.25) is 0 Å². The first-order chi connectivity index (χ1) is 12.7. The second-order valence-corrected chi connectivity index (χ2v) is 8.02. The van der Waals surface area contributed by atoms with Gasteiger partial charge in [-0.2, -0.15) is 0 Å². The van der Waals surface area contributed by atoms with Gasteiger partial charge in [-0.15, -0.1) is 0 Å². The third-order valence-electron chi connectivity index (χ3n) is 5.68. The van der Waals surface area contributed by atoms with Gasteiger partial charge in [0.05, 0.1) is 0 Å². The molecule has 1 aliphatic carbocycles. The summed E-state index contributed by atoms with van der Waals surface area (Å²) < 4.78 is 0. The maximum Gasteiger partial charge on any atom is 0.483 e. The van der Waals surface area contributed by atoms with Gasteiger partial charge in [0.1, 0.15) is 0 Å². The lowest BCUT2D eigenvalue weighted by Crippen LogP contribution is -2.49. The summed E-state index contributed by atoms with van der Waals surface area (Å²) in [5, 5.41) is 20.0. The number of aryl methyl sites for hydroxylation is 6. The predicted molar refractivity (Wildman–Crippen MR) is 117 cm³/mol. The molecule has 2 nitrogen and oxygen atoms in total. The molecule has 0 saturated carbocycles. The highest BCUT2D eigenvalue weighted by Crippen LogP contribution is 2.25. The van der Waals surface area contributed by atoms with Crippen LogP contribution in [0.25, 0.3) is 0 Å². The van der Waals surface area contributed by atoms with Gasteiger partial charge >= 0.3 is 7.12 Å². The average Bonchev–Trinajstić information content (AvgIpc) is 3.00. The molecule has 2 N–H and O–H groups in total. The quantitative estimate of drug-likeness (QED) is 0.826. The van der Waals surface area contributed by atoms with Gasteiger partial charge in [0.2, 0.25) is 6.71 Å². The molecule has 0 amide bonds. The van der Waals surface area contributed by atoms with Crippen LogP contribution in [0.3, 0.4) is 0 Å². The first kappa shape index (κ1) is 19.7. The Labute approximate surface area is 163 Å². The van der Waals surface area contributed by atoms with Crippen molar-refractivity contribution in [2.45, 2.75) is 48.0 Å². The van der Waals surface area contributed by atoms with Crippen molar-refractivity contribution >= 4 is 24.8 Å². The van der Waals surface area contributed by atoms with Gasteiger partial charge in [0, 0.05) is 0 Å². The van der Waals surface area contributed by atoms with Gasteiger partial charge < -0.3 is 10.0 Å². The van der Waals surface area contributed by atoms with Crippen LogP contribution in [0, 0.1) is 41.5 Å². The Balaban J connectivity index is 2.37. The van der Waals surface area contributed by atoms with E-state index in [1.807, 2.05) is 6.08 Å². The van der Waals surface area contributed by atoms with E-state index >= 15 is 0 Å². The molecule has 0 saturated heterocycles. The summed E-state index contributed by atoms with van der Waals surface area (Å²) in [5.41, 5.74) is 11.8. The molecule has 0 aliphatic heterocycles. The first-order valence-corrected chi connectivity index (χ1v) is 9.61. The van der Waals surface area contributed by atoms with E-state index < -0.39 is 7.12 Å². The Morgan fingerprint density at radius 1 is 0.704 bits per heavy atom. The molecule has 0 spiro atoms. The monoisotopic (exact) mass is 358 g/mol. The molecule has 0 aromatic heterocycles. The van der Waals surface area contributed by atoms with Crippen LogP contribution in [-0.2, 0) is 0 Å². The summed E-state index contributed by atoms with van der Waals surface area (Å²) in [4.78, 5) is 0. The highest BCUT2D eigenvalue weighted by molar-refractivity contribution is 6.93. The molecule has 138 valence electrons. The minimum absolute atomic E-state index is 0.00162. The molecule has 0 atom stereocenters. The Morgan fingerprint density at radius 2 is 1.11 bits per heavy atom. The molecule has 0 fully saturated rings. The fourth-order valence-corrected chi connectivity index (χ4v) is 4.82. The highest BCUT2D eigenvalue weighted by atomic mass is 16.4. The van der Waals surface area contributed by atoms with Crippen LogP contribution in [0.4, 0.5) is 0 Å². The zero-order valence-electron chi connectivity index (χ0n) is 17.2. The van der Waals surface area contributed by atoms with Crippen molar-refractivity contribution < 1.29 is 10.0 Å². The Kier molecular flexibility index (Phi) is 5.50. The number of hydrogen-bond acceptors (Lipinski definition) is 2. The largest absolute Gasteiger partial charge is 0.483 e. The zero-order valence-corrected chi connectivity index (χ0v) is 17.2. The minimum Gasteiger partial charge on any atom is -0.423 e. The predicted octanol–water partition coefficient (Wildman–Crippen LogP) is 2.95. The van der Waals surface area contributed by atoms with Crippen molar-refractivity contribution in [3.8, 4) is 0 Å². The second kappa shape index (κ2) is 7.53. The summed E-state index contributed by atoms with van der Waals surface area (Å²) in [6, 6.07) is 8.90. The van der Waals surface area contributed by atoms with Crippen molar-refractivity contribution in [3.05, 3.63) is 80.7 Å². The topological polar surface area (TPSA) is 40.5 Å². The van der Waals surface area contributed by atoms with E-state index in [4.69, 9.17) is 0 Å². The fourth-order valence-electron chi connectivity index (χ4n) is 4.82. The summed E-state index contributed by atoms with van der Waals surface area (Å²) in [6.07, 6.45) is 4.71. The summed E-state index contributed by atoms with van der Waals surface area (Å²) >= 11 is 0. The average molecular weight is 358 g/mol. The molecule has 2 aromatic carbocycles. The molecule has 2 aromatic rings.